The van der Waals surface area contributed by atoms with E-state index in [9.17, 15) is 14.3 Å². The molecule has 1 aliphatic rings. The highest BCUT2D eigenvalue weighted by atomic mass is 32.2. The zero-order valence-corrected chi connectivity index (χ0v) is 13.3. The molecule has 1 aliphatic carbocycles. The third-order valence-corrected chi connectivity index (χ3v) is 4.85. The molecule has 1 saturated carbocycles. The van der Waals surface area contributed by atoms with Crippen molar-refractivity contribution in [2.45, 2.75) is 37.1 Å². The number of nitrogens with zero attached hydrogens (tertiary/aromatic N) is 3. The molecule has 0 bridgehead atoms. The van der Waals surface area contributed by atoms with Gasteiger partial charge in [-0.25, -0.2) is 8.93 Å². The summed E-state index contributed by atoms with van der Waals surface area (Å²) in [5.41, 5.74) is -0.143. The van der Waals surface area contributed by atoms with Gasteiger partial charge in [0.2, 0.25) is 5.89 Å². The third kappa shape index (κ3) is 3.54. The fourth-order valence-electron chi connectivity index (χ4n) is 1.92. The molecular weight excluding hydrogens is 322 g/mol. The maximum absolute atomic E-state index is 12.3. The van der Waals surface area contributed by atoms with Crippen LogP contribution in [0.2, 0.25) is 0 Å². The van der Waals surface area contributed by atoms with Crippen LogP contribution < -0.4 is 10.0 Å². The molecule has 122 valence electrons. The molecule has 1 fully saturated rings. The molecule has 23 heavy (non-hydrogen) atoms. The van der Waals surface area contributed by atoms with Gasteiger partial charge in [-0.3, -0.25) is 10.1 Å². The average Bonchev–Trinajstić information content (AvgIpc) is 3.07. The minimum Gasteiger partial charge on any atom is -0.408 e. The van der Waals surface area contributed by atoms with Gasteiger partial charge < -0.3 is 9.73 Å². The summed E-state index contributed by atoms with van der Waals surface area (Å²) in [5, 5.41) is 21.2. The lowest BCUT2D eigenvalue weighted by molar-refractivity contribution is -0.384. The van der Waals surface area contributed by atoms with E-state index < -0.39 is 15.9 Å². The Balaban J connectivity index is 1.89. The lowest BCUT2D eigenvalue weighted by Crippen LogP contribution is -2.29. The molecule has 0 spiro atoms. The molecule has 3 rings (SSSR count). The van der Waals surface area contributed by atoms with Gasteiger partial charge in [0.05, 0.1) is 9.82 Å². The van der Waals surface area contributed by atoms with Crippen LogP contribution >= 0.6 is 0 Å². The van der Waals surface area contributed by atoms with E-state index >= 15 is 0 Å². The van der Waals surface area contributed by atoms with Gasteiger partial charge in [0.25, 0.3) is 5.69 Å². The van der Waals surface area contributed by atoms with E-state index in [0.29, 0.717) is 10.8 Å². The Kier molecular flexibility index (Phi) is 3.86. The molecule has 0 amide bonds. The lowest BCUT2D eigenvalue weighted by Gasteiger charge is -2.11. The Morgan fingerprint density at radius 1 is 1.39 bits per heavy atom. The summed E-state index contributed by atoms with van der Waals surface area (Å²) in [7, 11) is -1.45. The van der Waals surface area contributed by atoms with Crippen LogP contribution in [0.3, 0.4) is 0 Å². The van der Waals surface area contributed by atoms with Gasteiger partial charge in [-0.15, -0.1) is 5.10 Å². The number of aryl methyl sites for hydroxylation is 1. The van der Waals surface area contributed by atoms with Gasteiger partial charge in [0, 0.05) is 18.5 Å². The SMILES string of the molecule is Cc1nnc(Nc2cc(S(=O)NC3(C)CC3)ccc2[N+](=O)[O-])o1. The molecule has 10 heteroatoms. The Labute approximate surface area is 134 Å². The summed E-state index contributed by atoms with van der Waals surface area (Å²) in [6, 6.07) is 4.26. The van der Waals surface area contributed by atoms with Crippen LogP contribution in [0, 0.1) is 17.0 Å². The number of nitro groups is 1. The van der Waals surface area contributed by atoms with Crippen molar-refractivity contribution in [1.29, 1.82) is 0 Å². The summed E-state index contributed by atoms with van der Waals surface area (Å²) >= 11 is 0. The third-order valence-electron chi connectivity index (χ3n) is 3.49. The lowest BCUT2D eigenvalue weighted by atomic mass is 10.2. The van der Waals surface area contributed by atoms with Crippen molar-refractivity contribution in [3.8, 4) is 0 Å². The summed E-state index contributed by atoms with van der Waals surface area (Å²) in [6.07, 6.45) is 1.91. The number of rotatable bonds is 6. The fourth-order valence-corrected chi connectivity index (χ4v) is 3.11. The fraction of sp³-hybridized carbons (Fsp3) is 0.385. The quantitative estimate of drug-likeness (QED) is 0.611. The molecule has 0 aliphatic heterocycles. The number of nitrogens with one attached hydrogen (secondary N) is 2. The smallest absolute Gasteiger partial charge is 0.320 e. The summed E-state index contributed by atoms with van der Waals surface area (Å²) in [5.74, 6) is 0.332. The molecule has 1 unspecified atom stereocenters. The molecule has 0 saturated heterocycles. The second kappa shape index (κ2) is 5.70. The minimum absolute atomic E-state index is 0.0376. The molecule has 0 radical (unpaired) electrons. The van der Waals surface area contributed by atoms with E-state index in [-0.39, 0.29) is 22.9 Å². The van der Waals surface area contributed by atoms with Gasteiger partial charge in [0.15, 0.2) is 0 Å². The zero-order valence-electron chi connectivity index (χ0n) is 12.5. The Morgan fingerprint density at radius 2 is 2.13 bits per heavy atom. The van der Waals surface area contributed by atoms with Gasteiger partial charge in [-0.1, -0.05) is 5.10 Å². The van der Waals surface area contributed by atoms with Crippen molar-refractivity contribution >= 4 is 28.4 Å². The number of anilines is 2. The van der Waals surface area contributed by atoms with Crippen LogP contribution in [0.5, 0.6) is 0 Å². The highest BCUT2D eigenvalue weighted by Crippen LogP contribution is 2.36. The van der Waals surface area contributed by atoms with Crippen LogP contribution in [0.1, 0.15) is 25.7 Å². The van der Waals surface area contributed by atoms with Gasteiger partial charge in [0.1, 0.15) is 16.7 Å². The summed E-state index contributed by atoms with van der Waals surface area (Å²) in [6.45, 7) is 3.59. The summed E-state index contributed by atoms with van der Waals surface area (Å²) < 4.78 is 20.5. The standard InChI is InChI=1S/C13H15N5O4S/c1-8-15-16-12(22-8)14-10-7-9(3-4-11(10)18(19)20)23(21)17-13(2)5-6-13/h3-4,7,17H,5-6H2,1-2H3,(H,14,16). The van der Waals surface area contributed by atoms with Gasteiger partial charge >= 0.3 is 6.01 Å². The molecule has 2 aromatic rings. The highest BCUT2D eigenvalue weighted by Gasteiger charge is 2.39. The second-order valence-corrected chi connectivity index (χ2v) is 6.83. The Hall–Kier alpha value is -2.33. The topological polar surface area (TPSA) is 123 Å². The first-order chi connectivity index (χ1) is 10.9. The zero-order chi connectivity index (χ0) is 16.6. The van der Waals surface area contributed by atoms with Crippen molar-refractivity contribution in [3.63, 3.8) is 0 Å². The van der Waals surface area contributed by atoms with E-state index in [1.54, 1.807) is 6.92 Å². The van der Waals surface area contributed by atoms with Crippen molar-refractivity contribution in [3.05, 3.63) is 34.2 Å². The predicted molar refractivity (Wildman–Crippen MR) is 82.6 cm³/mol. The average molecular weight is 337 g/mol. The van der Waals surface area contributed by atoms with Crippen molar-refractivity contribution in [2.75, 3.05) is 5.32 Å². The second-order valence-electron chi connectivity index (χ2n) is 5.62. The van der Waals surface area contributed by atoms with E-state index in [1.165, 1.54) is 18.2 Å². The monoisotopic (exact) mass is 337 g/mol. The maximum Gasteiger partial charge on any atom is 0.320 e. The number of hydrogen-bond donors (Lipinski definition) is 2. The van der Waals surface area contributed by atoms with E-state index in [0.717, 1.165) is 12.8 Å². The number of aromatic nitrogens is 2. The van der Waals surface area contributed by atoms with Crippen LogP contribution in [0.4, 0.5) is 17.4 Å². The van der Waals surface area contributed by atoms with Crippen molar-refractivity contribution < 1.29 is 13.5 Å². The van der Waals surface area contributed by atoms with Gasteiger partial charge in [-0.2, -0.15) is 0 Å². The largest absolute Gasteiger partial charge is 0.408 e. The van der Waals surface area contributed by atoms with E-state index in [4.69, 9.17) is 4.42 Å². The molecule has 1 atom stereocenters. The van der Waals surface area contributed by atoms with Crippen LogP contribution in [-0.2, 0) is 11.0 Å². The predicted octanol–water partition coefficient (Wildman–Crippen LogP) is 2.19. The van der Waals surface area contributed by atoms with Gasteiger partial charge in [-0.05, 0) is 31.9 Å². The Bertz CT molecular complexity index is 786. The molecular formula is C13H15N5O4S. The molecule has 9 nitrogen and oxygen atoms in total. The summed E-state index contributed by atoms with van der Waals surface area (Å²) in [4.78, 5) is 11.0. The molecule has 1 heterocycles. The highest BCUT2D eigenvalue weighted by molar-refractivity contribution is 7.83. The van der Waals surface area contributed by atoms with Crippen molar-refractivity contribution in [2.24, 2.45) is 0 Å². The maximum atomic E-state index is 12.3. The Morgan fingerprint density at radius 3 is 2.70 bits per heavy atom. The first-order valence-electron chi connectivity index (χ1n) is 6.91. The van der Waals surface area contributed by atoms with E-state index in [1.807, 2.05) is 6.92 Å². The minimum atomic E-state index is -1.45. The first-order valence-corrected chi connectivity index (χ1v) is 8.06. The van der Waals surface area contributed by atoms with Crippen molar-refractivity contribution in [1.82, 2.24) is 14.9 Å². The van der Waals surface area contributed by atoms with Crippen LogP contribution in [0.25, 0.3) is 0 Å². The number of hydrogen-bond acceptors (Lipinski definition) is 7. The number of benzene rings is 1. The van der Waals surface area contributed by atoms with Crippen LogP contribution in [0.15, 0.2) is 27.5 Å². The molecule has 2 N–H and O–H groups in total. The first kappa shape index (κ1) is 15.6. The molecule has 1 aromatic heterocycles. The van der Waals surface area contributed by atoms with E-state index in [2.05, 4.69) is 20.2 Å². The molecule has 1 aromatic carbocycles. The van der Waals surface area contributed by atoms with Crippen LogP contribution in [-0.4, -0.2) is 24.9 Å². The normalized spacial score (nSPS) is 16.8. The number of nitro benzene ring substituents is 1.